The van der Waals surface area contributed by atoms with Crippen LogP contribution in [0.25, 0.3) is 11.1 Å². The van der Waals surface area contributed by atoms with Crippen molar-refractivity contribution in [1.29, 1.82) is 0 Å². The highest BCUT2D eigenvalue weighted by molar-refractivity contribution is 5.85. The van der Waals surface area contributed by atoms with Gasteiger partial charge in [0, 0.05) is 18.4 Å². The van der Waals surface area contributed by atoms with Crippen LogP contribution in [0.4, 0.5) is 4.79 Å². The maximum Gasteiger partial charge on any atom is 0.407 e. The molecule has 3 unspecified atom stereocenters. The van der Waals surface area contributed by atoms with E-state index in [1.807, 2.05) is 24.3 Å². The third-order valence-electron chi connectivity index (χ3n) is 7.12. The second-order valence-electron chi connectivity index (χ2n) is 9.28. The molecule has 2 aliphatic rings. The quantitative estimate of drug-likeness (QED) is 0.463. The van der Waals surface area contributed by atoms with Crippen molar-refractivity contribution in [2.75, 3.05) is 13.2 Å². The second kappa shape index (κ2) is 11.2. The Morgan fingerprint density at radius 3 is 2.29 bits per heavy atom. The van der Waals surface area contributed by atoms with Gasteiger partial charge in [0.1, 0.15) is 12.6 Å². The van der Waals surface area contributed by atoms with Crippen LogP contribution in [0.1, 0.15) is 49.1 Å². The largest absolute Gasteiger partial charge is 0.480 e. The lowest BCUT2D eigenvalue weighted by atomic mass is 9.78. The fraction of sp³-hybridized carbons (Fsp3) is 0.393. The van der Waals surface area contributed by atoms with Gasteiger partial charge in [-0.25, -0.2) is 9.59 Å². The fourth-order valence-corrected chi connectivity index (χ4v) is 5.33. The molecule has 2 aromatic carbocycles. The van der Waals surface area contributed by atoms with Gasteiger partial charge in [0.05, 0.1) is 0 Å². The lowest BCUT2D eigenvalue weighted by Gasteiger charge is -2.31. The molecule has 4 rings (SSSR count). The van der Waals surface area contributed by atoms with E-state index in [0.717, 1.165) is 30.4 Å². The van der Waals surface area contributed by atoms with Gasteiger partial charge in [-0.15, -0.1) is 6.58 Å². The van der Waals surface area contributed by atoms with Crippen LogP contribution in [0.5, 0.6) is 0 Å². The Hall–Kier alpha value is -3.61. The van der Waals surface area contributed by atoms with E-state index in [-0.39, 0.29) is 36.7 Å². The molecular weight excluding hydrogens is 444 g/mol. The molecule has 1 saturated carbocycles. The van der Waals surface area contributed by atoms with E-state index in [2.05, 4.69) is 41.5 Å². The van der Waals surface area contributed by atoms with Gasteiger partial charge in [0.25, 0.3) is 0 Å². The smallest absolute Gasteiger partial charge is 0.407 e. The number of carbonyl (C=O) groups is 3. The number of ether oxygens (including phenoxy) is 1. The molecule has 3 N–H and O–H groups in total. The molecule has 0 heterocycles. The van der Waals surface area contributed by atoms with E-state index < -0.39 is 18.1 Å². The summed E-state index contributed by atoms with van der Waals surface area (Å²) < 4.78 is 5.62. The first-order valence-corrected chi connectivity index (χ1v) is 12.2. The minimum Gasteiger partial charge on any atom is -0.480 e. The van der Waals surface area contributed by atoms with Gasteiger partial charge in [-0.3, -0.25) is 4.79 Å². The summed E-state index contributed by atoms with van der Waals surface area (Å²) in [6.45, 7) is 4.11. The van der Waals surface area contributed by atoms with Crippen LogP contribution in [0.3, 0.4) is 0 Å². The van der Waals surface area contributed by atoms with E-state index in [1.54, 1.807) is 0 Å². The van der Waals surface area contributed by atoms with Crippen LogP contribution < -0.4 is 10.6 Å². The van der Waals surface area contributed by atoms with Crippen molar-refractivity contribution >= 4 is 18.0 Å². The van der Waals surface area contributed by atoms with Gasteiger partial charge in [0.2, 0.25) is 5.91 Å². The minimum absolute atomic E-state index is 0.0147. The Morgan fingerprint density at radius 1 is 1.03 bits per heavy atom. The highest BCUT2D eigenvalue weighted by Crippen LogP contribution is 2.44. The zero-order valence-corrected chi connectivity index (χ0v) is 19.7. The van der Waals surface area contributed by atoms with Crippen molar-refractivity contribution < 1.29 is 24.2 Å². The maximum atomic E-state index is 12.8. The maximum absolute atomic E-state index is 12.8. The van der Waals surface area contributed by atoms with E-state index in [9.17, 15) is 19.5 Å². The molecule has 2 amide bonds. The Kier molecular flexibility index (Phi) is 7.85. The monoisotopic (exact) mass is 476 g/mol. The number of rotatable bonds is 9. The van der Waals surface area contributed by atoms with Gasteiger partial charge in [-0.05, 0) is 47.4 Å². The lowest BCUT2D eigenvalue weighted by molar-refractivity contribution is -0.143. The standard InChI is InChI=1S/C28H32N2O5/c1-2-9-25(27(32)33)30-26(31)19-11-4-3-10-18(19)16-29-28(34)35-17-24-22-14-7-5-12-20(22)21-13-6-8-15-23(21)24/h2,5-8,12-15,18-19,24-25H,1,3-4,9-11,16-17H2,(H,29,34)(H,30,31)(H,32,33). The summed E-state index contributed by atoms with van der Waals surface area (Å²) in [5.74, 6) is -1.79. The first kappa shape index (κ1) is 24.5. The van der Waals surface area contributed by atoms with E-state index in [4.69, 9.17) is 4.74 Å². The average molecular weight is 477 g/mol. The number of carboxylic acids is 1. The molecule has 2 aliphatic carbocycles. The molecule has 0 aromatic heterocycles. The molecule has 3 atom stereocenters. The van der Waals surface area contributed by atoms with Crippen molar-refractivity contribution in [3.63, 3.8) is 0 Å². The molecule has 7 heteroatoms. The van der Waals surface area contributed by atoms with Crippen molar-refractivity contribution in [1.82, 2.24) is 10.6 Å². The summed E-state index contributed by atoms with van der Waals surface area (Å²) in [7, 11) is 0. The van der Waals surface area contributed by atoms with Crippen LogP contribution in [-0.2, 0) is 14.3 Å². The molecule has 2 aromatic rings. The van der Waals surface area contributed by atoms with Crippen LogP contribution in [0.2, 0.25) is 0 Å². The number of carboxylic acid groups (broad SMARTS) is 1. The molecule has 0 spiro atoms. The highest BCUT2D eigenvalue weighted by Gasteiger charge is 2.34. The molecule has 7 nitrogen and oxygen atoms in total. The molecule has 1 fully saturated rings. The number of carbonyl (C=O) groups excluding carboxylic acids is 2. The first-order chi connectivity index (χ1) is 17.0. The van der Waals surface area contributed by atoms with Crippen LogP contribution in [-0.4, -0.2) is 42.3 Å². The zero-order chi connectivity index (χ0) is 24.8. The highest BCUT2D eigenvalue weighted by atomic mass is 16.5. The van der Waals surface area contributed by atoms with Crippen LogP contribution in [0, 0.1) is 11.8 Å². The van der Waals surface area contributed by atoms with Gasteiger partial charge in [-0.1, -0.05) is 67.4 Å². The summed E-state index contributed by atoms with van der Waals surface area (Å²) in [5.41, 5.74) is 4.64. The number of nitrogens with one attached hydrogen (secondary N) is 2. The van der Waals surface area contributed by atoms with Crippen molar-refractivity contribution in [3.05, 3.63) is 72.3 Å². The summed E-state index contributed by atoms with van der Waals surface area (Å²) in [6, 6.07) is 15.4. The molecule has 0 aliphatic heterocycles. The number of benzene rings is 2. The molecule has 0 radical (unpaired) electrons. The Balaban J connectivity index is 1.33. The van der Waals surface area contributed by atoms with Crippen molar-refractivity contribution in [2.45, 2.75) is 44.1 Å². The molecule has 0 saturated heterocycles. The number of aliphatic carboxylic acids is 1. The van der Waals surface area contributed by atoms with E-state index in [0.29, 0.717) is 13.0 Å². The lowest BCUT2D eigenvalue weighted by Crippen LogP contribution is -2.47. The molecular formula is C28H32N2O5. The summed E-state index contributed by atoms with van der Waals surface area (Å²) >= 11 is 0. The zero-order valence-electron chi connectivity index (χ0n) is 19.7. The normalized spacial score (nSPS) is 19.7. The molecule has 35 heavy (non-hydrogen) atoms. The second-order valence-corrected chi connectivity index (χ2v) is 9.28. The Morgan fingerprint density at radius 2 is 1.66 bits per heavy atom. The molecule has 184 valence electrons. The number of alkyl carbamates (subject to hydrolysis) is 1. The van der Waals surface area contributed by atoms with E-state index >= 15 is 0 Å². The number of hydrogen-bond donors (Lipinski definition) is 3. The number of fused-ring (bicyclic) bond motifs is 3. The predicted octanol–water partition coefficient (Wildman–Crippen LogP) is 4.48. The van der Waals surface area contributed by atoms with Crippen LogP contribution in [0.15, 0.2) is 61.2 Å². The van der Waals surface area contributed by atoms with Gasteiger partial charge < -0.3 is 20.5 Å². The van der Waals surface area contributed by atoms with Crippen LogP contribution >= 0.6 is 0 Å². The third kappa shape index (κ3) is 5.56. The first-order valence-electron chi connectivity index (χ1n) is 12.2. The summed E-state index contributed by atoms with van der Waals surface area (Å²) in [4.78, 5) is 36.8. The van der Waals surface area contributed by atoms with Gasteiger partial charge in [0.15, 0.2) is 0 Å². The molecule has 0 bridgehead atoms. The number of amides is 2. The topological polar surface area (TPSA) is 105 Å². The Bertz CT molecular complexity index is 1050. The SMILES string of the molecule is C=CCC(NC(=O)C1CCCCC1CNC(=O)OCC1c2ccccc2-c2ccccc21)C(=O)O. The summed E-state index contributed by atoms with van der Waals surface area (Å²) in [5, 5.41) is 14.8. The number of hydrogen-bond acceptors (Lipinski definition) is 4. The van der Waals surface area contributed by atoms with Gasteiger partial charge >= 0.3 is 12.1 Å². The minimum atomic E-state index is -1.08. The van der Waals surface area contributed by atoms with Crippen molar-refractivity contribution in [3.8, 4) is 11.1 Å². The summed E-state index contributed by atoms with van der Waals surface area (Å²) in [6.07, 6.45) is 4.47. The fourth-order valence-electron chi connectivity index (χ4n) is 5.33. The van der Waals surface area contributed by atoms with Gasteiger partial charge in [-0.2, -0.15) is 0 Å². The average Bonchev–Trinajstić information content (AvgIpc) is 3.19. The van der Waals surface area contributed by atoms with Crippen molar-refractivity contribution in [2.24, 2.45) is 11.8 Å². The Labute approximate surface area is 205 Å². The predicted molar refractivity (Wildman–Crippen MR) is 133 cm³/mol. The van der Waals surface area contributed by atoms with E-state index in [1.165, 1.54) is 17.2 Å². The third-order valence-corrected chi connectivity index (χ3v) is 7.12.